The molecule has 0 spiro atoms. The maximum Gasteiger partial charge on any atom is 0.360 e. The number of ether oxygens (including phenoxy) is 3. The molecule has 0 bridgehead atoms. The average Bonchev–Trinajstić information content (AvgIpc) is 2.71. The summed E-state index contributed by atoms with van der Waals surface area (Å²) < 4.78 is 38.8. The molecule has 1 aromatic heterocycles. The van der Waals surface area contributed by atoms with Crippen molar-refractivity contribution >= 4 is 22.7 Å². The fourth-order valence-electron chi connectivity index (χ4n) is 2.60. The largest absolute Gasteiger partial charge is 0.505 e. The summed E-state index contributed by atoms with van der Waals surface area (Å²) in [5, 5.41) is 11.3. The van der Waals surface area contributed by atoms with E-state index in [4.69, 9.17) is 13.6 Å². The first-order chi connectivity index (χ1) is 14.7. The van der Waals surface area contributed by atoms with Crippen molar-refractivity contribution in [1.82, 2.24) is 4.98 Å². The van der Waals surface area contributed by atoms with E-state index in [-0.39, 0.29) is 54.1 Å². The van der Waals surface area contributed by atoms with E-state index in [1.165, 1.54) is 38.3 Å². The topological polar surface area (TPSA) is 95.0 Å². The minimum absolute atomic E-state index is 0.00655. The number of hydrogen-bond donors (Lipinski definition) is 1. The summed E-state index contributed by atoms with van der Waals surface area (Å²) in [6.07, 6.45) is 0.157. The maximum atomic E-state index is 12.0. The van der Waals surface area contributed by atoms with E-state index in [1.54, 1.807) is 6.07 Å². The molecule has 0 aliphatic carbocycles. The molecule has 1 N–H and O–H groups in total. The Morgan fingerprint density at radius 3 is 2.61 bits per heavy atom. The van der Waals surface area contributed by atoms with Gasteiger partial charge in [-0.05, 0) is 30.3 Å². The van der Waals surface area contributed by atoms with Crippen LogP contribution in [0.4, 0.5) is 0 Å². The molecular weight excluding hydrogens is 362 g/mol. The SMILES string of the molecule is [2H]c1cc([2H])c(Oc2ccc3c(O)c(C(=O)OC)nc(CCOC(C)=O)c3c2)c([2H])c1. The number of benzene rings is 2. The first-order valence-corrected chi connectivity index (χ1v) is 8.34. The summed E-state index contributed by atoms with van der Waals surface area (Å²) in [5.41, 5.74) is 0.0908. The van der Waals surface area contributed by atoms with Gasteiger partial charge in [0, 0.05) is 24.1 Å². The van der Waals surface area contributed by atoms with Gasteiger partial charge in [-0.2, -0.15) is 0 Å². The monoisotopic (exact) mass is 384 g/mol. The summed E-state index contributed by atoms with van der Waals surface area (Å²) in [6, 6.07) is 6.87. The van der Waals surface area contributed by atoms with Gasteiger partial charge in [0.05, 0.1) is 23.5 Å². The lowest BCUT2D eigenvalue weighted by Crippen LogP contribution is -2.10. The van der Waals surface area contributed by atoms with Gasteiger partial charge in [-0.3, -0.25) is 4.79 Å². The number of fused-ring (bicyclic) bond motifs is 1. The van der Waals surface area contributed by atoms with Crippen LogP contribution in [-0.2, 0) is 20.7 Å². The Bertz CT molecular complexity index is 1160. The van der Waals surface area contributed by atoms with E-state index in [0.717, 1.165) is 0 Å². The summed E-state index contributed by atoms with van der Waals surface area (Å²) in [5.74, 6) is -1.43. The number of carbonyl (C=O) groups excluding carboxylic acids is 2. The molecule has 144 valence electrons. The molecule has 0 saturated carbocycles. The lowest BCUT2D eigenvalue weighted by Gasteiger charge is -2.13. The highest BCUT2D eigenvalue weighted by atomic mass is 16.5. The first kappa shape index (κ1) is 15.4. The molecule has 0 aliphatic rings. The van der Waals surface area contributed by atoms with E-state index in [0.29, 0.717) is 16.5 Å². The highest BCUT2D eigenvalue weighted by Crippen LogP contribution is 2.34. The molecule has 0 aliphatic heterocycles. The Hall–Kier alpha value is -3.61. The van der Waals surface area contributed by atoms with E-state index in [1.807, 2.05) is 0 Å². The lowest BCUT2D eigenvalue weighted by atomic mass is 10.0. The second kappa shape index (κ2) is 8.39. The van der Waals surface area contributed by atoms with E-state index >= 15 is 0 Å². The van der Waals surface area contributed by atoms with Crippen LogP contribution >= 0.6 is 0 Å². The van der Waals surface area contributed by atoms with Crippen LogP contribution in [0.25, 0.3) is 10.8 Å². The van der Waals surface area contributed by atoms with Crippen LogP contribution in [0.5, 0.6) is 17.2 Å². The van der Waals surface area contributed by atoms with Crippen LogP contribution in [0, 0.1) is 0 Å². The molecule has 0 fully saturated rings. The van der Waals surface area contributed by atoms with E-state index in [2.05, 4.69) is 9.72 Å². The molecule has 0 amide bonds. The molecule has 3 rings (SSSR count). The third-order valence-electron chi connectivity index (χ3n) is 3.84. The van der Waals surface area contributed by atoms with Gasteiger partial charge in [0.1, 0.15) is 11.5 Å². The summed E-state index contributed by atoms with van der Waals surface area (Å²) in [6.45, 7) is 1.28. The standard InChI is InChI=1S/C21H19NO6/c1-13(23)27-11-10-18-17-12-15(28-14-6-4-3-5-7-14)8-9-16(17)20(24)19(22-18)21(25)26-2/h3-9,12,24H,10-11H2,1-2H3/i3D,6D,7D. The second-order valence-corrected chi connectivity index (χ2v) is 5.72. The van der Waals surface area contributed by atoms with Gasteiger partial charge in [0.25, 0.3) is 0 Å². The number of methoxy groups -OCH3 is 1. The lowest BCUT2D eigenvalue weighted by molar-refractivity contribution is -0.140. The molecule has 0 radical (unpaired) electrons. The van der Waals surface area contributed by atoms with Crippen LogP contribution < -0.4 is 4.74 Å². The van der Waals surface area contributed by atoms with Crippen LogP contribution in [0.1, 0.15) is 27.2 Å². The van der Waals surface area contributed by atoms with Crippen molar-refractivity contribution in [2.45, 2.75) is 13.3 Å². The van der Waals surface area contributed by atoms with Gasteiger partial charge in [0.2, 0.25) is 0 Å². The van der Waals surface area contributed by atoms with E-state index in [9.17, 15) is 14.7 Å². The number of pyridine rings is 1. The highest BCUT2D eigenvalue weighted by Gasteiger charge is 2.20. The van der Waals surface area contributed by atoms with Crippen molar-refractivity contribution < 1.29 is 33.0 Å². The molecule has 3 aromatic rings. The number of rotatable bonds is 6. The van der Waals surface area contributed by atoms with Crippen LogP contribution in [-0.4, -0.2) is 35.7 Å². The molecule has 28 heavy (non-hydrogen) atoms. The van der Waals surface area contributed by atoms with Gasteiger partial charge >= 0.3 is 11.9 Å². The number of aromatic nitrogens is 1. The van der Waals surface area contributed by atoms with Gasteiger partial charge < -0.3 is 19.3 Å². The number of aromatic hydroxyl groups is 1. The number of carbonyl (C=O) groups is 2. The van der Waals surface area contributed by atoms with Crippen LogP contribution in [0.3, 0.4) is 0 Å². The Labute approximate surface area is 165 Å². The van der Waals surface area contributed by atoms with Gasteiger partial charge in [-0.1, -0.05) is 18.2 Å². The summed E-state index contributed by atoms with van der Waals surface area (Å²) in [4.78, 5) is 27.3. The minimum atomic E-state index is -0.818. The molecule has 7 heteroatoms. The van der Waals surface area contributed by atoms with Crippen molar-refractivity contribution in [3.05, 3.63) is 59.8 Å². The molecule has 0 atom stereocenters. The van der Waals surface area contributed by atoms with Crippen LogP contribution in [0.2, 0.25) is 0 Å². The number of nitrogens with zero attached hydrogens (tertiary/aromatic N) is 1. The predicted octanol–water partition coefficient (Wildman–Crippen LogP) is 3.62. The van der Waals surface area contributed by atoms with Crippen molar-refractivity contribution in [3.63, 3.8) is 0 Å². The maximum absolute atomic E-state index is 12.0. The molecule has 0 unspecified atom stereocenters. The second-order valence-electron chi connectivity index (χ2n) is 5.72. The fourth-order valence-corrected chi connectivity index (χ4v) is 2.60. The zero-order valence-corrected chi connectivity index (χ0v) is 15.2. The normalized spacial score (nSPS) is 12.0. The molecular formula is C21H19NO6. The zero-order valence-electron chi connectivity index (χ0n) is 18.2. The highest BCUT2D eigenvalue weighted by molar-refractivity contribution is 6.00. The minimum Gasteiger partial charge on any atom is -0.505 e. The Morgan fingerprint density at radius 2 is 1.93 bits per heavy atom. The molecule has 1 heterocycles. The Balaban J connectivity index is 2.09. The third kappa shape index (κ3) is 4.20. The first-order valence-electron chi connectivity index (χ1n) is 9.84. The Kier molecular flexibility index (Phi) is 4.63. The van der Waals surface area contributed by atoms with Crippen molar-refractivity contribution in [2.75, 3.05) is 13.7 Å². The average molecular weight is 384 g/mol. The van der Waals surface area contributed by atoms with Crippen molar-refractivity contribution in [3.8, 4) is 17.2 Å². The smallest absolute Gasteiger partial charge is 0.360 e. The predicted molar refractivity (Wildman–Crippen MR) is 102 cm³/mol. The van der Waals surface area contributed by atoms with E-state index < -0.39 is 11.9 Å². The fraction of sp³-hybridized carbons (Fsp3) is 0.190. The summed E-state index contributed by atoms with van der Waals surface area (Å²) in [7, 11) is 1.17. The van der Waals surface area contributed by atoms with Gasteiger partial charge in [-0.25, -0.2) is 9.78 Å². The number of esters is 2. The van der Waals surface area contributed by atoms with Gasteiger partial charge in [0.15, 0.2) is 11.4 Å². The molecule has 7 nitrogen and oxygen atoms in total. The number of para-hydroxylation sites is 1. The zero-order chi connectivity index (χ0) is 22.7. The molecule has 0 saturated heterocycles. The third-order valence-corrected chi connectivity index (χ3v) is 3.84. The van der Waals surface area contributed by atoms with Crippen LogP contribution in [0.15, 0.2) is 48.5 Å². The van der Waals surface area contributed by atoms with Crippen molar-refractivity contribution in [1.29, 1.82) is 0 Å². The molecule has 2 aromatic carbocycles. The number of hydrogen-bond acceptors (Lipinski definition) is 7. The van der Waals surface area contributed by atoms with Gasteiger partial charge in [-0.15, -0.1) is 0 Å². The quantitative estimate of drug-likeness (QED) is 0.649. The Morgan fingerprint density at radius 1 is 1.18 bits per heavy atom. The summed E-state index contributed by atoms with van der Waals surface area (Å²) >= 11 is 0. The van der Waals surface area contributed by atoms with Crippen molar-refractivity contribution in [2.24, 2.45) is 0 Å².